The highest BCUT2D eigenvalue weighted by Crippen LogP contribution is 2.37. The van der Waals surface area contributed by atoms with Gasteiger partial charge in [-0.15, -0.1) is 11.3 Å². The summed E-state index contributed by atoms with van der Waals surface area (Å²) in [6.07, 6.45) is 3.08. The highest BCUT2D eigenvalue weighted by Gasteiger charge is 2.30. The highest BCUT2D eigenvalue weighted by molar-refractivity contribution is 7.89. The smallest absolute Gasteiger partial charge is 0.272 e. The summed E-state index contributed by atoms with van der Waals surface area (Å²) in [6, 6.07) is 5.70. The molecule has 3 heterocycles. The Labute approximate surface area is 219 Å². The molecule has 11 nitrogen and oxygen atoms in total. The minimum Gasteiger partial charge on any atom is -0.337 e. The van der Waals surface area contributed by atoms with Crippen molar-refractivity contribution in [3.63, 3.8) is 0 Å². The van der Waals surface area contributed by atoms with Gasteiger partial charge >= 0.3 is 0 Å². The summed E-state index contributed by atoms with van der Waals surface area (Å²) in [5, 5.41) is 3.05. The van der Waals surface area contributed by atoms with Crippen molar-refractivity contribution in [1.29, 1.82) is 0 Å². The predicted molar refractivity (Wildman–Crippen MR) is 137 cm³/mol. The van der Waals surface area contributed by atoms with Crippen molar-refractivity contribution in [3.05, 3.63) is 45.8 Å². The van der Waals surface area contributed by atoms with E-state index >= 15 is 0 Å². The molecular formula is C24H29N5O6S2. The van der Waals surface area contributed by atoms with Crippen LogP contribution in [0.3, 0.4) is 0 Å². The number of hydrogen-bond acceptors (Lipinski definition) is 7. The summed E-state index contributed by atoms with van der Waals surface area (Å²) < 4.78 is 27.3. The maximum absolute atomic E-state index is 13.1. The number of fused-ring (bicyclic) bond motifs is 1. The average molecular weight is 548 g/mol. The number of anilines is 1. The molecular weight excluding hydrogens is 518 g/mol. The Morgan fingerprint density at radius 2 is 1.57 bits per heavy atom. The zero-order valence-corrected chi connectivity index (χ0v) is 22.3. The Kier molecular flexibility index (Phi) is 7.95. The minimum absolute atomic E-state index is 0.0894. The molecule has 2 aromatic rings. The second-order valence-electron chi connectivity index (χ2n) is 8.98. The monoisotopic (exact) mass is 547 g/mol. The summed E-state index contributed by atoms with van der Waals surface area (Å²) in [7, 11) is -3.63. The van der Waals surface area contributed by atoms with Crippen LogP contribution in [-0.2, 0) is 32.6 Å². The van der Waals surface area contributed by atoms with Gasteiger partial charge in [0.25, 0.3) is 11.8 Å². The third-order valence-corrected chi connectivity index (χ3v) is 9.42. The molecule has 0 aliphatic carbocycles. The fourth-order valence-electron chi connectivity index (χ4n) is 4.42. The Balaban J connectivity index is 1.57. The lowest BCUT2D eigenvalue weighted by Gasteiger charge is -2.26. The van der Waals surface area contributed by atoms with Gasteiger partial charge in [0.05, 0.1) is 17.0 Å². The maximum atomic E-state index is 13.1. The molecule has 4 amide bonds. The van der Waals surface area contributed by atoms with Crippen molar-refractivity contribution >= 4 is 50.0 Å². The first-order valence-electron chi connectivity index (χ1n) is 12.0. The van der Waals surface area contributed by atoms with Crippen LogP contribution in [0, 0.1) is 0 Å². The number of carbonyl (C=O) groups is 4. The number of thiophene rings is 1. The topological polar surface area (TPSA) is 145 Å². The number of hydrazine groups is 1. The molecule has 1 saturated heterocycles. The predicted octanol–water partition coefficient (Wildman–Crippen LogP) is 1.86. The zero-order chi connectivity index (χ0) is 26.7. The number of hydrogen-bond donors (Lipinski definition) is 3. The van der Waals surface area contributed by atoms with Gasteiger partial charge in [-0.05, 0) is 49.1 Å². The molecule has 198 valence electrons. The van der Waals surface area contributed by atoms with Crippen LogP contribution in [0.4, 0.5) is 5.00 Å². The third kappa shape index (κ3) is 5.84. The lowest BCUT2D eigenvalue weighted by atomic mass is 10.0. The summed E-state index contributed by atoms with van der Waals surface area (Å²) in [5.74, 6) is -1.64. The largest absolute Gasteiger partial charge is 0.337 e. The van der Waals surface area contributed by atoms with E-state index in [0.29, 0.717) is 38.2 Å². The Morgan fingerprint density at radius 3 is 2.19 bits per heavy atom. The second-order valence-corrected chi connectivity index (χ2v) is 12.0. The fourth-order valence-corrected chi connectivity index (χ4v) is 7.19. The van der Waals surface area contributed by atoms with Crippen molar-refractivity contribution in [2.45, 2.75) is 51.0 Å². The lowest BCUT2D eigenvalue weighted by Crippen LogP contribution is -2.41. The summed E-state index contributed by atoms with van der Waals surface area (Å²) >= 11 is 1.19. The van der Waals surface area contributed by atoms with Gasteiger partial charge < -0.3 is 10.2 Å². The van der Waals surface area contributed by atoms with Gasteiger partial charge in [-0.2, -0.15) is 4.31 Å². The van der Waals surface area contributed by atoms with Gasteiger partial charge in [0.2, 0.25) is 21.8 Å². The van der Waals surface area contributed by atoms with E-state index in [1.807, 2.05) is 0 Å². The van der Waals surface area contributed by atoms with E-state index in [1.54, 1.807) is 4.90 Å². The SMILES string of the molecule is CC(=O)NNC(=O)c1c(NC(=O)c2ccc(S(=O)(=O)N3CCCCC3)cc2)sc2c1CCN(C(C)=O)C2. The van der Waals surface area contributed by atoms with E-state index in [1.165, 1.54) is 53.8 Å². The standard InChI is InChI=1S/C24H29N5O6S2/c1-15(30)26-27-23(33)21-19-10-13-28(16(2)31)14-20(19)36-24(21)25-22(32)17-6-8-18(9-7-17)37(34,35)29-11-4-3-5-12-29/h6-9H,3-5,10-14H2,1-2H3,(H,25,32)(H,26,30)(H,27,33). The first-order chi connectivity index (χ1) is 17.6. The van der Waals surface area contributed by atoms with E-state index in [-0.39, 0.29) is 26.9 Å². The molecule has 3 N–H and O–H groups in total. The molecule has 1 aromatic heterocycles. The summed E-state index contributed by atoms with van der Waals surface area (Å²) in [5.41, 5.74) is 5.76. The third-order valence-electron chi connectivity index (χ3n) is 6.38. The molecule has 0 spiro atoms. The van der Waals surface area contributed by atoms with Crippen molar-refractivity contribution in [2.75, 3.05) is 25.0 Å². The minimum atomic E-state index is -3.63. The van der Waals surface area contributed by atoms with Gasteiger partial charge in [-0.25, -0.2) is 8.42 Å². The molecule has 0 atom stereocenters. The Bertz CT molecular complexity index is 1330. The van der Waals surface area contributed by atoms with E-state index in [9.17, 15) is 27.6 Å². The second kappa shape index (κ2) is 11.0. The van der Waals surface area contributed by atoms with Crippen LogP contribution in [0.5, 0.6) is 0 Å². The molecule has 2 aliphatic heterocycles. The van der Waals surface area contributed by atoms with Gasteiger partial charge in [0.15, 0.2) is 0 Å². The maximum Gasteiger partial charge on any atom is 0.272 e. The number of nitrogens with zero attached hydrogens (tertiary/aromatic N) is 2. The van der Waals surface area contributed by atoms with E-state index in [2.05, 4.69) is 16.2 Å². The number of amides is 4. The van der Waals surface area contributed by atoms with Crippen molar-refractivity contribution in [2.24, 2.45) is 0 Å². The fraction of sp³-hybridized carbons (Fsp3) is 0.417. The summed E-state index contributed by atoms with van der Waals surface area (Å²) in [6.45, 7) is 4.44. The van der Waals surface area contributed by atoms with Crippen LogP contribution in [-0.4, -0.2) is 60.9 Å². The lowest BCUT2D eigenvalue weighted by molar-refractivity contribution is -0.129. The molecule has 2 aliphatic rings. The summed E-state index contributed by atoms with van der Waals surface area (Å²) in [4.78, 5) is 51.7. The van der Waals surface area contributed by atoms with Crippen LogP contribution in [0.15, 0.2) is 29.2 Å². The van der Waals surface area contributed by atoms with Crippen LogP contribution >= 0.6 is 11.3 Å². The van der Waals surface area contributed by atoms with E-state index < -0.39 is 27.7 Å². The number of nitrogens with one attached hydrogen (secondary N) is 3. The highest BCUT2D eigenvalue weighted by atomic mass is 32.2. The molecule has 0 unspecified atom stereocenters. The quantitative estimate of drug-likeness (QED) is 0.488. The molecule has 13 heteroatoms. The van der Waals surface area contributed by atoms with E-state index in [4.69, 9.17) is 0 Å². The van der Waals surface area contributed by atoms with Crippen LogP contribution in [0.2, 0.25) is 0 Å². The van der Waals surface area contributed by atoms with Gasteiger partial charge in [0, 0.05) is 43.9 Å². The molecule has 4 rings (SSSR count). The first kappa shape index (κ1) is 26.8. The molecule has 1 aromatic carbocycles. The number of piperidine rings is 1. The molecule has 0 saturated carbocycles. The normalized spacial score (nSPS) is 16.0. The number of rotatable bonds is 5. The Morgan fingerprint density at radius 1 is 0.892 bits per heavy atom. The van der Waals surface area contributed by atoms with Gasteiger partial charge in [0.1, 0.15) is 5.00 Å². The molecule has 0 radical (unpaired) electrons. The average Bonchev–Trinajstić information content (AvgIpc) is 3.24. The van der Waals surface area contributed by atoms with Crippen molar-refractivity contribution < 1.29 is 27.6 Å². The van der Waals surface area contributed by atoms with Crippen molar-refractivity contribution in [3.8, 4) is 0 Å². The van der Waals surface area contributed by atoms with Crippen LogP contribution < -0.4 is 16.2 Å². The van der Waals surface area contributed by atoms with Gasteiger partial charge in [-0.1, -0.05) is 6.42 Å². The van der Waals surface area contributed by atoms with Crippen molar-refractivity contribution in [1.82, 2.24) is 20.1 Å². The molecule has 37 heavy (non-hydrogen) atoms. The van der Waals surface area contributed by atoms with Crippen LogP contribution in [0.25, 0.3) is 0 Å². The van der Waals surface area contributed by atoms with Gasteiger partial charge in [-0.3, -0.25) is 30.0 Å². The van der Waals surface area contributed by atoms with E-state index in [0.717, 1.165) is 24.1 Å². The first-order valence-corrected chi connectivity index (χ1v) is 14.2. The molecule has 1 fully saturated rings. The number of sulfonamides is 1. The van der Waals surface area contributed by atoms with Crippen LogP contribution in [0.1, 0.15) is 64.3 Å². The Hall–Kier alpha value is -3.29. The zero-order valence-electron chi connectivity index (χ0n) is 20.6. The number of carbonyl (C=O) groups excluding carboxylic acids is 4. The molecule has 0 bridgehead atoms. The number of benzene rings is 1.